The molecule has 0 atom stereocenters. The topological polar surface area (TPSA) is 59.1 Å². The minimum absolute atomic E-state index is 0.247. The van der Waals surface area contributed by atoms with Gasteiger partial charge in [-0.1, -0.05) is 48.2 Å². The molecule has 0 amide bonds. The second-order valence-corrected chi connectivity index (χ2v) is 8.26. The fourth-order valence-corrected chi connectivity index (χ4v) is 4.01. The van der Waals surface area contributed by atoms with Gasteiger partial charge in [-0.25, -0.2) is 4.98 Å². The van der Waals surface area contributed by atoms with Gasteiger partial charge >= 0.3 is 6.36 Å². The molecule has 3 aromatic rings. The lowest BCUT2D eigenvalue weighted by Gasteiger charge is -2.16. The molecule has 2 aromatic carbocycles. The summed E-state index contributed by atoms with van der Waals surface area (Å²) in [5.41, 5.74) is 1.47. The summed E-state index contributed by atoms with van der Waals surface area (Å²) >= 11 is 12.2. The molecule has 5 nitrogen and oxygen atoms in total. The summed E-state index contributed by atoms with van der Waals surface area (Å²) in [5, 5.41) is 7.36. The molecule has 1 aliphatic carbocycles. The lowest BCUT2D eigenvalue weighted by Crippen LogP contribution is -2.17. The second kappa shape index (κ2) is 9.42. The highest BCUT2D eigenvalue weighted by atomic mass is 35.5. The predicted octanol–water partition coefficient (Wildman–Crippen LogP) is 7.45. The number of hydrogen-bond acceptors (Lipinski definition) is 5. The Hall–Kier alpha value is -2.71. The third-order valence-corrected chi connectivity index (χ3v) is 5.52. The van der Waals surface area contributed by atoms with Crippen LogP contribution >= 0.6 is 23.2 Å². The molecule has 0 radical (unpaired) electrons. The van der Waals surface area contributed by atoms with E-state index in [-0.39, 0.29) is 11.8 Å². The summed E-state index contributed by atoms with van der Waals surface area (Å²) in [5.74, 6) is 0.486. The van der Waals surface area contributed by atoms with Gasteiger partial charge in [0.1, 0.15) is 11.6 Å². The van der Waals surface area contributed by atoms with Crippen LogP contribution in [-0.4, -0.2) is 22.4 Å². The number of hydrogen-bond donors (Lipinski definition) is 2. The summed E-state index contributed by atoms with van der Waals surface area (Å²) in [4.78, 5) is 9.06. The van der Waals surface area contributed by atoms with Gasteiger partial charge in [0.15, 0.2) is 0 Å². The van der Waals surface area contributed by atoms with Crippen molar-refractivity contribution in [3.8, 4) is 17.0 Å². The van der Waals surface area contributed by atoms with E-state index in [4.69, 9.17) is 23.2 Å². The molecule has 168 valence electrons. The average Bonchev–Trinajstić information content (AvgIpc) is 3.22. The van der Waals surface area contributed by atoms with E-state index in [2.05, 4.69) is 25.3 Å². The first kappa shape index (κ1) is 22.5. The van der Waals surface area contributed by atoms with Crippen LogP contribution in [0.5, 0.6) is 5.75 Å². The minimum Gasteiger partial charge on any atom is -0.406 e. The van der Waals surface area contributed by atoms with E-state index in [1.54, 1.807) is 30.3 Å². The molecule has 4 rings (SSSR count). The first-order valence-electron chi connectivity index (χ1n) is 9.99. The van der Waals surface area contributed by atoms with Crippen molar-refractivity contribution < 1.29 is 17.9 Å². The maximum atomic E-state index is 12.6. The Morgan fingerprint density at radius 3 is 2.47 bits per heavy atom. The van der Waals surface area contributed by atoms with E-state index in [9.17, 15) is 13.2 Å². The third-order valence-electron chi connectivity index (χ3n) is 4.97. The Morgan fingerprint density at radius 2 is 1.75 bits per heavy atom. The molecule has 1 heterocycles. The van der Waals surface area contributed by atoms with E-state index in [0.29, 0.717) is 38.8 Å². The molecular formula is C22H19Cl2F3N4O. The highest BCUT2D eigenvalue weighted by molar-refractivity contribution is 6.36. The van der Waals surface area contributed by atoms with Gasteiger partial charge in [-0.2, -0.15) is 4.98 Å². The zero-order chi connectivity index (χ0) is 22.7. The van der Waals surface area contributed by atoms with Gasteiger partial charge in [0, 0.05) is 22.7 Å². The van der Waals surface area contributed by atoms with Crippen LogP contribution in [0.4, 0.5) is 30.6 Å². The van der Waals surface area contributed by atoms with Crippen LogP contribution in [0.2, 0.25) is 10.0 Å². The maximum absolute atomic E-state index is 12.6. The fourth-order valence-electron chi connectivity index (χ4n) is 3.56. The zero-order valence-electron chi connectivity index (χ0n) is 16.7. The average molecular weight is 483 g/mol. The molecular weight excluding hydrogens is 464 g/mol. The lowest BCUT2D eigenvalue weighted by molar-refractivity contribution is -0.274. The molecule has 32 heavy (non-hydrogen) atoms. The van der Waals surface area contributed by atoms with Crippen molar-refractivity contribution in [2.45, 2.75) is 38.1 Å². The van der Waals surface area contributed by atoms with Crippen LogP contribution in [-0.2, 0) is 0 Å². The molecule has 0 bridgehead atoms. The van der Waals surface area contributed by atoms with Gasteiger partial charge in [-0.05, 0) is 43.2 Å². The molecule has 0 saturated heterocycles. The summed E-state index contributed by atoms with van der Waals surface area (Å²) in [6, 6.07) is 12.5. The van der Waals surface area contributed by atoms with Crippen LogP contribution in [0.15, 0.2) is 48.5 Å². The third kappa shape index (κ3) is 5.95. The van der Waals surface area contributed by atoms with Crippen molar-refractivity contribution in [1.82, 2.24) is 9.97 Å². The molecule has 0 unspecified atom stereocenters. The van der Waals surface area contributed by atoms with Gasteiger partial charge in [-0.3, -0.25) is 0 Å². The number of halogens is 5. The van der Waals surface area contributed by atoms with Crippen molar-refractivity contribution >= 4 is 40.7 Å². The first-order chi connectivity index (χ1) is 15.2. The molecule has 1 saturated carbocycles. The Labute approximate surface area is 192 Å². The molecule has 1 fully saturated rings. The monoisotopic (exact) mass is 482 g/mol. The smallest absolute Gasteiger partial charge is 0.406 e. The second-order valence-electron chi connectivity index (χ2n) is 7.41. The number of rotatable bonds is 6. The number of nitrogens with one attached hydrogen (secondary N) is 2. The van der Waals surface area contributed by atoms with Crippen molar-refractivity contribution in [3.63, 3.8) is 0 Å². The van der Waals surface area contributed by atoms with E-state index in [1.807, 2.05) is 0 Å². The Bertz CT molecular complexity index is 1100. The molecule has 1 aromatic heterocycles. The predicted molar refractivity (Wildman–Crippen MR) is 120 cm³/mol. The van der Waals surface area contributed by atoms with Crippen LogP contribution in [0.3, 0.4) is 0 Å². The van der Waals surface area contributed by atoms with Crippen LogP contribution < -0.4 is 15.4 Å². The lowest BCUT2D eigenvalue weighted by atomic mass is 10.1. The number of nitrogens with zero attached hydrogens (tertiary/aromatic N) is 2. The summed E-state index contributed by atoms with van der Waals surface area (Å²) < 4.78 is 42.0. The van der Waals surface area contributed by atoms with Gasteiger partial charge < -0.3 is 15.4 Å². The quantitative estimate of drug-likeness (QED) is 0.382. The largest absolute Gasteiger partial charge is 0.573 e. The highest BCUT2D eigenvalue weighted by Gasteiger charge is 2.31. The van der Waals surface area contributed by atoms with Crippen molar-refractivity contribution in [1.29, 1.82) is 0 Å². The van der Waals surface area contributed by atoms with E-state index >= 15 is 0 Å². The first-order valence-corrected chi connectivity index (χ1v) is 10.7. The van der Waals surface area contributed by atoms with Crippen molar-refractivity contribution in [3.05, 3.63) is 58.6 Å². The molecule has 2 N–H and O–H groups in total. The van der Waals surface area contributed by atoms with Gasteiger partial charge in [0.25, 0.3) is 0 Å². The number of ether oxygens (including phenoxy) is 1. The molecule has 0 spiro atoms. The summed E-state index contributed by atoms with van der Waals surface area (Å²) in [6.07, 6.45) is -0.514. The van der Waals surface area contributed by atoms with E-state index in [1.165, 1.54) is 18.2 Å². The minimum atomic E-state index is -4.78. The Morgan fingerprint density at radius 1 is 0.969 bits per heavy atom. The van der Waals surface area contributed by atoms with Gasteiger partial charge in [-0.15, -0.1) is 13.2 Å². The normalized spacial score (nSPS) is 14.4. The van der Waals surface area contributed by atoms with Crippen LogP contribution in [0, 0.1) is 0 Å². The van der Waals surface area contributed by atoms with Crippen LogP contribution in [0.1, 0.15) is 25.7 Å². The standard InChI is InChI=1S/C22H19Cl2F3N4O/c23-14-8-9-18(17(24)11-14)29-20-12-19(30-21(31-20)28-15-5-1-2-6-15)13-4-3-7-16(10-13)32-22(25,26)27/h3-4,7-12,15H,1-2,5-6H2,(H2,28,29,30,31). The number of benzene rings is 2. The molecule has 0 aliphatic heterocycles. The number of aromatic nitrogens is 2. The highest BCUT2D eigenvalue weighted by Crippen LogP contribution is 2.32. The van der Waals surface area contributed by atoms with Crippen LogP contribution in [0.25, 0.3) is 11.3 Å². The number of anilines is 3. The molecule has 1 aliphatic rings. The maximum Gasteiger partial charge on any atom is 0.573 e. The summed E-state index contributed by atoms with van der Waals surface area (Å²) in [6.45, 7) is 0. The van der Waals surface area contributed by atoms with Gasteiger partial charge in [0.2, 0.25) is 5.95 Å². The summed E-state index contributed by atoms with van der Waals surface area (Å²) in [7, 11) is 0. The Kier molecular flexibility index (Phi) is 6.62. The van der Waals surface area contributed by atoms with E-state index < -0.39 is 6.36 Å². The Balaban J connectivity index is 1.69. The fraction of sp³-hybridized carbons (Fsp3) is 0.273. The SMILES string of the molecule is FC(F)(F)Oc1cccc(-c2cc(Nc3ccc(Cl)cc3Cl)nc(NC3CCCC3)n2)c1. The zero-order valence-corrected chi connectivity index (χ0v) is 18.2. The van der Waals surface area contributed by atoms with Crippen molar-refractivity contribution in [2.75, 3.05) is 10.6 Å². The van der Waals surface area contributed by atoms with Crippen molar-refractivity contribution in [2.24, 2.45) is 0 Å². The van der Waals surface area contributed by atoms with Gasteiger partial charge in [0.05, 0.1) is 16.4 Å². The molecule has 10 heteroatoms. The number of alkyl halides is 3. The van der Waals surface area contributed by atoms with E-state index in [0.717, 1.165) is 25.7 Å².